The average Bonchev–Trinajstić information content (AvgIpc) is 2.44. The zero-order chi connectivity index (χ0) is 15.4. The van der Waals surface area contributed by atoms with Crippen molar-refractivity contribution in [3.8, 4) is 5.75 Å². The number of hydrogen-bond donors (Lipinski definition) is 1. The highest BCUT2D eigenvalue weighted by Crippen LogP contribution is 2.23. The first kappa shape index (κ1) is 15.6. The average molecular weight is 325 g/mol. The number of ether oxygens (including phenoxy) is 1. The van der Waals surface area contributed by atoms with Crippen LogP contribution in [0.4, 0.5) is 5.82 Å². The van der Waals surface area contributed by atoms with Gasteiger partial charge >= 0.3 is 0 Å². The molecule has 1 atom stereocenters. The Morgan fingerprint density at radius 2 is 1.95 bits per heavy atom. The molecule has 0 saturated heterocycles. The van der Waals surface area contributed by atoms with Crippen molar-refractivity contribution in [2.24, 2.45) is 0 Å². The molecule has 0 bridgehead atoms. The van der Waals surface area contributed by atoms with Gasteiger partial charge in [0.1, 0.15) is 11.6 Å². The Hall–Kier alpha value is -1.78. The van der Waals surface area contributed by atoms with E-state index in [4.69, 9.17) is 27.9 Å². The quantitative estimate of drug-likeness (QED) is 0.921. The molecule has 0 aliphatic heterocycles. The maximum atomic E-state index is 12.0. The Kier molecular flexibility index (Phi) is 5.04. The zero-order valence-corrected chi connectivity index (χ0v) is 13.1. The molecule has 0 aliphatic carbocycles. The summed E-state index contributed by atoms with van der Waals surface area (Å²) in [6.07, 6.45) is 0.800. The molecule has 2 rings (SSSR count). The molecular formula is C15H14Cl2N2O2. The molecule has 1 heterocycles. The Morgan fingerprint density at radius 1 is 1.24 bits per heavy atom. The summed E-state index contributed by atoms with van der Waals surface area (Å²) in [6, 6.07) is 8.51. The minimum absolute atomic E-state index is 0.292. The maximum absolute atomic E-state index is 12.0. The predicted octanol–water partition coefficient (Wildman–Crippen LogP) is 4.10. The fourth-order valence-corrected chi connectivity index (χ4v) is 2.01. The van der Waals surface area contributed by atoms with Gasteiger partial charge in [-0.1, -0.05) is 23.2 Å². The van der Waals surface area contributed by atoms with Crippen molar-refractivity contribution in [3.05, 3.63) is 52.1 Å². The van der Waals surface area contributed by atoms with Crippen LogP contribution in [0.15, 0.2) is 36.5 Å². The molecule has 0 aliphatic rings. The zero-order valence-electron chi connectivity index (χ0n) is 11.6. The van der Waals surface area contributed by atoms with Gasteiger partial charge in [0.15, 0.2) is 6.10 Å². The van der Waals surface area contributed by atoms with Crippen molar-refractivity contribution in [3.63, 3.8) is 0 Å². The second-order valence-electron chi connectivity index (χ2n) is 4.52. The van der Waals surface area contributed by atoms with Crippen LogP contribution < -0.4 is 10.1 Å². The Balaban J connectivity index is 2.00. The van der Waals surface area contributed by atoms with Crippen molar-refractivity contribution in [1.29, 1.82) is 0 Å². The summed E-state index contributed by atoms with van der Waals surface area (Å²) in [5.74, 6) is 0.748. The van der Waals surface area contributed by atoms with Crippen LogP contribution in [0, 0.1) is 6.92 Å². The van der Waals surface area contributed by atoms with Crippen molar-refractivity contribution >= 4 is 34.9 Å². The number of pyridine rings is 1. The van der Waals surface area contributed by atoms with Crippen LogP contribution in [-0.4, -0.2) is 17.0 Å². The van der Waals surface area contributed by atoms with Crippen molar-refractivity contribution < 1.29 is 9.53 Å². The molecule has 110 valence electrons. The van der Waals surface area contributed by atoms with Crippen LogP contribution in [0.3, 0.4) is 0 Å². The van der Waals surface area contributed by atoms with Gasteiger partial charge in [0, 0.05) is 11.2 Å². The van der Waals surface area contributed by atoms with Crippen molar-refractivity contribution in [1.82, 2.24) is 4.98 Å². The Labute approximate surface area is 133 Å². The third kappa shape index (κ3) is 4.34. The van der Waals surface area contributed by atoms with Gasteiger partial charge in [-0.05, 0) is 49.7 Å². The topological polar surface area (TPSA) is 51.2 Å². The molecular weight excluding hydrogens is 311 g/mol. The minimum atomic E-state index is -0.664. The first-order chi connectivity index (χ1) is 9.95. The van der Waals surface area contributed by atoms with E-state index in [1.54, 1.807) is 37.3 Å². The standard InChI is InChI=1S/C15H14Cl2N2O2/c1-9-7-11(16)3-5-13(9)21-10(2)15(20)19-14-6-4-12(17)8-18-14/h3-8,10H,1-2H3,(H,18,19,20)/t10-/m0/s1. The van der Waals surface area contributed by atoms with E-state index in [1.165, 1.54) is 6.20 Å². The number of nitrogens with zero attached hydrogens (tertiary/aromatic N) is 1. The number of hydrogen-bond acceptors (Lipinski definition) is 3. The van der Waals surface area contributed by atoms with Crippen LogP contribution in [-0.2, 0) is 4.79 Å². The van der Waals surface area contributed by atoms with Gasteiger partial charge < -0.3 is 10.1 Å². The summed E-state index contributed by atoms with van der Waals surface area (Å²) < 4.78 is 5.63. The first-order valence-corrected chi connectivity index (χ1v) is 7.06. The smallest absolute Gasteiger partial charge is 0.266 e. The molecule has 0 spiro atoms. The van der Waals surface area contributed by atoms with Gasteiger partial charge in [-0.25, -0.2) is 4.98 Å². The van der Waals surface area contributed by atoms with Crippen LogP contribution in [0.2, 0.25) is 10.0 Å². The highest BCUT2D eigenvalue weighted by molar-refractivity contribution is 6.30. The number of rotatable bonds is 4. The van der Waals surface area contributed by atoms with Crippen molar-refractivity contribution in [2.75, 3.05) is 5.32 Å². The van der Waals surface area contributed by atoms with E-state index >= 15 is 0 Å². The molecule has 6 heteroatoms. The maximum Gasteiger partial charge on any atom is 0.266 e. The highest BCUT2D eigenvalue weighted by atomic mass is 35.5. The number of benzene rings is 1. The van der Waals surface area contributed by atoms with Gasteiger partial charge in [0.25, 0.3) is 5.91 Å². The van der Waals surface area contributed by atoms with E-state index in [0.29, 0.717) is 21.6 Å². The molecule has 4 nitrogen and oxygen atoms in total. The van der Waals surface area contributed by atoms with E-state index < -0.39 is 6.10 Å². The third-order valence-corrected chi connectivity index (χ3v) is 3.25. The van der Waals surface area contributed by atoms with E-state index in [0.717, 1.165) is 5.56 Å². The Morgan fingerprint density at radius 3 is 2.57 bits per heavy atom. The molecule has 0 saturated carbocycles. The molecule has 1 N–H and O–H groups in total. The van der Waals surface area contributed by atoms with Crippen LogP contribution in [0.25, 0.3) is 0 Å². The molecule has 0 radical (unpaired) electrons. The SMILES string of the molecule is Cc1cc(Cl)ccc1O[C@@H](C)C(=O)Nc1ccc(Cl)cn1. The first-order valence-electron chi connectivity index (χ1n) is 6.31. The van der Waals surface area contributed by atoms with Crippen LogP contribution in [0.1, 0.15) is 12.5 Å². The van der Waals surface area contributed by atoms with Crippen molar-refractivity contribution in [2.45, 2.75) is 20.0 Å². The predicted molar refractivity (Wildman–Crippen MR) is 84.2 cm³/mol. The fourth-order valence-electron chi connectivity index (χ4n) is 1.67. The van der Waals surface area contributed by atoms with E-state index in [9.17, 15) is 4.79 Å². The largest absolute Gasteiger partial charge is 0.481 e. The normalized spacial score (nSPS) is 11.8. The second-order valence-corrected chi connectivity index (χ2v) is 5.39. The lowest BCUT2D eigenvalue weighted by molar-refractivity contribution is -0.122. The van der Waals surface area contributed by atoms with E-state index in [-0.39, 0.29) is 5.91 Å². The van der Waals surface area contributed by atoms with Gasteiger partial charge in [-0.15, -0.1) is 0 Å². The number of carbonyl (C=O) groups excluding carboxylic acids is 1. The highest BCUT2D eigenvalue weighted by Gasteiger charge is 2.16. The summed E-state index contributed by atoms with van der Waals surface area (Å²) in [5.41, 5.74) is 0.867. The lowest BCUT2D eigenvalue weighted by Crippen LogP contribution is -2.30. The lowest BCUT2D eigenvalue weighted by atomic mass is 10.2. The second kappa shape index (κ2) is 6.78. The van der Waals surface area contributed by atoms with Crippen LogP contribution in [0.5, 0.6) is 5.75 Å². The monoisotopic (exact) mass is 324 g/mol. The number of halogens is 2. The molecule has 0 unspecified atom stereocenters. The third-order valence-electron chi connectivity index (χ3n) is 2.79. The summed E-state index contributed by atoms with van der Waals surface area (Å²) in [5, 5.41) is 3.80. The fraction of sp³-hybridized carbons (Fsp3) is 0.200. The van der Waals surface area contributed by atoms with Gasteiger partial charge in [0.05, 0.1) is 5.02 Å². The summed E-state index contributed by atoms with van der Waals surface area (Å²) in [7, 11) is 0. The number of aryl methyl sites for hydroxylation is 1. The number of anilines is 1. The molecule has 21 heavy (non-hydrogen) atoms. The number of amides is 1. The Bertz CT molecular complexity index is 645. The molecule has 1 aromatic carbocycles. The summed E-state index contributed by atoms with van der Waals surface area (Å²) >= 11 is 11.6. The molecule has 2 aromatic rings. The van der Waals surface area contributed by atoms with E-state index in [2.05, 4.69) is 10.3 Å². The summed E-state index contributed by atoms with van der Waals surface area (Å²) in [4.78, 5) is 16.0. The minimum Gasteiger partial charge on any atom is -0.481 e. The van der Waals surface area contributed by atoms with Gasteiger partial charge in [0.2, 0.25) is 0 Å². The van der Waals surface area contributed by atoms with E-state index in [1.807, 2.05) is 6.92 Å². The number of aromatic nitrogens is 1. The molecule has 0 fully saturated rings. The van der Waals surface area contributed by atoms with Gasteiger partial charge in [-0.3, -0.25) is 4.79 Å². The number of nitrogens with one attached hydrogen (secondary N) is 1. The van der Waals surface area contributed by atoms with Gasteiger partial charge in [-0.2, -0.15) is 0 Å². The van der Waals surface area contributed by atoms with Crippen LogP contribution >= 0.6 is 23.2 Å². The summed E-state index contributed by atoms with van der Waals surface area (Å²) in [6.45, 7) is 3.53. The molecule has 1 amide bonds. The molecule has 1 aromatic heterocycles. The number of carbonyl (C=O) groups is 1. The lowest BCUT2D eigenvalue weighted by Gasteiger charge is -2.16.